The van der Waals surface area contributed by atoms with Gasteiger partial charge in [-0.05, 0) is 60.5 Å². The van der Waals surface area contributed by atoms with Crippen LogP contribution in [0.25, 0.3) is 0 Å². The van der Waals surface area contributed by atoms with Gasteiger partial charge in [-0.1, -0.05) is 29.8 Å². The monoisotopic (exact) mass is 391 g/mol. The van der Waals surface area contributed by atoms with Crippen molar-refractivity contribution >= 4 is 17.3 Å². The Labute approximate surface area is 171 Å². The predicted molar refractivity (Wildman–Crippen MR) is 116 cm³/mol. The lowest BCUT2D eigenvalue weighted by Crippen LogP contribution is -2.31. The maximum Gasteiger partial charge on any atom is 0.254 e. The summed E-state index contributed by atoms with van der Waals surface area (Å²) in [5, 5.41) is 0. The summed E-state index contributed by atoms with van der Waals surface area (Å²) in [4.78, 5) is 17.1. The second kappa shape index (κ2) is 8.78. The molecule has 0 radical (unpaired) electrons. The van der Waals surface area contributed by atoms with Crippen LogP contribution in [0.2, 0.25) is 0 Å². The minimum atomic E-state index is -0.316. The van der Waals surface area contributed by atoms with Gasteiger partial charge in [-0.3, -0.25) is 4.79 Å². The summed E-state index contributed by atoms with van der Waals surface area (Å²) in [5.74, 6) is -0.423. The highest BCUT2D eigenvalue weighted by molar-refractivity contribution is 5.94. The fourth-order valence-electron chi connectivity index (χ4n) is 3.39. The van der Waals surface area contributed by atoms with E-state index in [1.165, 1.54) is 12.1 Å². The third kappa shape index (κ3) is 5.13. The number of aryl methyl sites for hydroxylation is 1. The molecule has 150 valence electrons. The highest BCUT2D eigenvalue weighted by atomic mass is 19.1. The molecule has 2 N–H and O–H groups in total. The standard InChI is InChI=1S/C24H26FN3O/c1-17-6-4-8-19(12-17)24(29)28(15-18-7-5-9-21(25)13-18)16-20-14-22(26)10-11-23(20)27(2)3/h4-14H,15-16,26H2,1-3H3. The fraction of sp³-hybridized carbons (Fsp3) is 0.208. The van der Waals surface area contributed by atoms with E-state index in [0.717, 1.165) is 22.4 Å². The summed E-state index contributed by atoms with van der Waals surface area (Å²) >= 11 is 0. The number of carbonyl (C=O) groups excluding carboxylic acids is 1. The van der Waals surface area contributed by atoms with Gasteiger partial charge in [0, 0.05) is 44.1 Å². The number of benzene rings is 3. The van der Waals surface area contributed by atoms with Gasteiger partial charge >= 0.3 is 0 Å². The first kappa shape index (κ1) is 20.4. The van der Waals surface area contributed by atoms with E-state index in [0.29, 0.717) is 24.3 Å². The Morgan fingerprint density at radius 1 is 0.966 bits per heavy atom. The Balaban J connectivity index is 1.99. The number of nitrogen functional groups attached to an aromatic ring is 1. The highest BCUT2D eigenvalue weighted by Gasteiger charge is 2.19. The molecule has 0 aliphatic rings. The van der Waals surface area contributed by atoms with Gasteiger partial charge in [-0.15, -0.1) is 0 Å². The van der Waals surface area contributed by atoms with Gasteiger partial charge in [0.05, 0.1) is 0 Å². The molecule has 0 spiro atoms. The number of nitrogens with zero attached hydrogens (tertiary/aromatic N) is 2. The summed E-state index contributed by atoms with van der Waals surface area (Å²) in [6, 6.07) is 19.5. The molecule has 3 rings (SSSR count). The largest absolute Gasteiger partial charge is 0.399 e. The molecular formula is C24H26FN3O. The summed E-state index contributed by atoms with van der Waals surface area (Å²) in [7, 11) is 3.91. The minimum Gasteiger partial charge on any atom is -0.399 e. The van der Waals surface area contributed by atoms with E-state index in [1.54, 1.807) is 17.0 Å². The van der Waals surface area contributed by atoms with Crippen LogP contribution in [0.3, 0.4) is 0 Å². The van der Waals surface area contributed by atoms with Gasteiger partial charge in [0.2, 0.25) is 0 Å². The Kier molecular flexibility index (Phi) is 6.17. The molecule has 0 aromatic heterocycles. The van der Waals surface area contributed by atoms with Crippen molar-refractivity contribution in [3.8, 4) is 0 Å². The Bertz CT molecular complexity index is 1020. The molecule has 3 aromatic rings. The summed E-state index contributed by atoms with van der Waals surface area (Å²) in [6.07, 6.45) is 0. The fourth-order valence-corrected chi connectivity index (χ4v) is 3.39. The normalized spacial score (nSPS) is 10.6. The van der Waals surface area contributed by atoms with Crippen molar-refractivity contribution in [1.29, 1.82) is 0 Å². The van der Waals surface area contributed by atoms with Gasteiger partial charge in [0.25, 0.3) is 5.91 Å². The van der Waals surface area contributed by atoms with E-state index in [-0.39, 0.29) is 11.7 Å². The third-order valence-corrected chi connectivity index (χ3v) is 4.76. The Morgan fingerprint density at radius 2 is 1.72 bits per heavy atom. The molecule has 0 unspecified atom stereocenters. The van der Waals surface area contributed by atoms with Crippen molar-refractivity contribution in [2.45, 2.75) is 20.0 Å². The van der Waals surface area contributed by atoms with Crippen molar-refractivity contribution in [2.75, 3.05) is 24.7 Å². The number of hydrogen-bond donors (Lipinski definition) is 1. The van der Waals surface area contributed by atoms with Gasteiger partial charge in [0.15, 0.2) is 0 Å². The lowest BCUT2D eigenvalue weighted by molar-refractivity contribution is 0.0730. The molecule has 4 nitrogen and oxygen atoms in total. The summed E-state index contributed by atoms with van der Waals surface area (Å²) < 4.78 is 13.7. The number of nitrogens with two attached hydrogens (primary N) is 1. The van der Waals surface area contributed by atoms with Gasteiger partial charge in [0.1, 0.15) is 5.82 Å². The van der Waals surface area contributed by atoms with Crippen LogP contribution >= 0.6 is 0 Å². The Hall–Kier alpha value is -3.34. The van der Waals surface area contributed by atoms with E-state index in [1.807, 2.05) is 68.4 Å². The number of rotatable bonds is 6. The molecule has 29 heavy (non-hydrogen) atoms. The van der Waals surface area contributed by atoms with Crippen LogP contribution in [0, 0.1) is 12.7 Å². The molecular weight excluding hydrogens is 365 g/mol. The summed E-state index contributed by atoms with van der Waals surface area (Å²) in [6.45, 7) is 2.61. The smallest absolute Gasteiger partial charge is 0.254 e. The van der Waals surface area contributed by atoms with E-state index >= 15 is 0 Å². The van der Waals surface area contributed by atoms with E-state index in [2.05, 4.69) is 0 Å². The topological polar surface area (TPSA) is 49.6 Å². The predicted octanol–water partition coefficient (Wildman–Crippen LogP) is 4.62. The number of hydrogen-bond acceptors (Lipinski definition) is 3. The highest BCUT2D eigenvalue weighted by Crippen LogP contribution is 2.25. The molecule has 5 heteroatoms. The lowest BCUT2D eigenvalue weighted by Gasteiger charge is -2.26. The van der Waals surface area contributed by atoms with Crippen molar-refractivity contribution in [3.05, 3.63) is 94.8 Å². The molecule has 0 aliphatic carbocycles. The van der Waals surface area contributed by atoms with Crippen molar-refractivity contribution in [2.24, 2.45) is 0 Å². The van der Waals surface area contributed by atoms with Gasteiger partial charge < -0.3 is 15.5 Å². The first-order valence-corrected chi connectivity index (χ1v) is 9.49. The van der Waals surface area contributed by atoms with Crippen LogP contribution in [0.5, 0.6) is 0 Å². The number of halogens is 1. The van der Waals surface area contributed by atoms with E-state index in [9.17, 15) is 9.18 Å². The first-order chi connectivity index (χ1) is 13.8. The average molecular weight is 391 g/mol. The number of carbonyl (C=O) groups is 1. The van der Waals surface area contributed by atoms with E-state index < -0.39 is 0 Å². The van der Waals surface area contributed by atoms with Crippen LogP contribution in [-0.2, 0) is 13.1 Å². The molecule has 1 amide bonds. The third-order valence-electron chi connectivity index (χ3n) is 4.76. The van der Waals surface area contributed by atoms with Crippen LogP contribution < -0.4 is 10.6 Å². The zero-order valence-electron chi connectivity index (χ0n) is 17.0. The van der Waals surface area contributed by atoms with Crippen molar-refractivity contribution in [1.82, 2.24) is 4.90 Å². The quantitative estimate of drug-likeness (QED) is 0.624. The van der Waals surface area contributed by atoms with Crippen LogP contribution in [0.4, 0.5) is 15.8 Å². The minimum absolute atomic E-state index is 0.106. The summed E-state index contributed by atoms with van der Waals surface area (Å²) in [5.41, 5.74) is 10.9. The van der Waals surface area contributed by atoms with Crippen LogP contribution in [-0.4, -0.2) is 24.9 Å². The molecule has 0 saturated carbocycles. The molecule has 0 fully saturated rings. The number of amides is 1. The number of anilines is 2. The maximum absolute atomic E-state index is 13.7. The average Bonchev–Trinajstić information content (AvgIpc) is 2.67. The van der Waals surface area contributed by atoms with Crippen LogP contribution in [0.15, 0.2) is 66.7 Å². The zero-order valence-corrected chi connectivity index (χ0v) is 17.0. The van der Waals surface area contributed by atoms with Gasteiger partial charge in [-0.2, -0.15) is 0 Å². The van der Waals surface area contributed by atoms with Crippen LogP contribution in [0.1, 0.15) is 27.0 Å². The zero-order chi connectivity index (χ0) is 21.0. The van der Waals surface area contributed by atoms with Crippen molar-refractivity contribution < 1.29 is 9.18 Å². The molecule has 0 atom stereocenters. The SMILES string of the molecule is Cc1cccc(C(=O)N(Cc2cccc(F)c2)Cc2cc(N)ccc2N(C)C)c1. The molecule has 3 aromatic carbocycles. The lowest BCUT2D eigenvalue weighted by atomic mass is 10.1. The van der Waals surface area contributed by atoms with Gasteiger partial charge in [-0.25, -0.2) is 4.39 Å². The first-order valence-electron chi connectivity index (χ1n) is 9.49. The van der Waals surface area contributed by atoms with E-state index in [4.69, 9.17) is 5.73 Å². The molecule has 0 saturated heterocycles. The van der Waals surface area contributed by atoms with Crippen molar-refractivity contribution in [3.63, 3.8) is 0 Å². The molecule has 0 bridgehead atoms. The molecule has 0 aliphatic heterocycles. The molecule has 0 heterocycles. The second-order valence-electron chi connectivity index (χ2n) is 7.44. The second-order valence-corrected chi connectivity index (χ2v) is 7.44. The maximum atomic E-state index is 13.7. The Morgan fingerprint density at radius 3 is 2.41 bits per heavy atom.